The first kappa shape index (κ1) is 22.5. The second kappa shape index (κ2) is 9.75. The van der Waals surface area contributed by atoms with Gasteiger partial charge in [0.25, 0.3) is 5.91 Å². The number of fused-ring (bicyclic) bond motifs is 1. The summed E-state index contributed by atoms with van der Waals surface area (Å²) in [5, 5.41) is 7.65. The third-order valence-corrected chi connectivity index (χ3v) is 5.19. The summed E-state index contributed by atoms with van der Waals surface area (Å²) in [6.45, 7) is 3.70. The molecule has 1 aromatic heterocycles. The number of hydrogen-bond acceptors (Lipinski definition) is 3. The predicted molar refractivity (Wildman–Crippen MR) is 127 cm³/mol. The molecule has 0 unspecified atom stereocenters. The van der Waals surface area contributed by atoms with Gasteiger partial charge in [0.1, 0.15) is 0 Å². The predicted octanol–water partition coefficient (Wildman–Crippen LogP) is 7.54. The number of aromatic amines is 1. The van der Waals surface area contributed by atoms with E-state index in [1.807, 2.05) is 13.0 Å². The summed E-state index contributed by atoms with van der Waals surface area (Å²) in [7, 11) is 0. The lowest BCUT2D eigenvalue weighted by molar-refractivity contribution is 0.102. The van der Waals surface area contributed by atoms with Gasteiger partial charge >= 0.3 is 0 Å². The summed E-state index contributed by atoms with van der Waals surface area (Å²) in [5.41, 5.74) is 2.61. The van der Waals surface area contributed by atoms with Crippen molar-refractivity contribution in [3.05, 3.63) is 73.8 Å². The van der Waals surface area contributed by atoms with E-state index >= 15 is 0 Å². The lowest BCUT2D eigenvalue weighted by Gasteiger charge is -2.08. The normalized spacial score (nSPS) is 12.7. The van der Waals surface area contributed by atoms with Crippen LogP contribution in [0.2, 0.25) is 10.0 Å². The minimum Gasteiger partial charge on any atom is -0.324 e. The molecule has 0 bridgehead atoms. The second-order valence-electron chi connectivity index (χ2n) is 6.39. The third-order valence-electron chi connectivity index (χ3n) is 4.11. The van der Waals surface area contributed by atoms with Crippen molar-refractivity contribution in [3.63, 3.8) is 0 Å². The molecule has 0 saturated heterocycles. The number of hydrogen-bond donors (Lipinski definition) is 3. The fourth-order valence-electron chi connectivity index (χ4n) is 2.74. The zero-order chi connectivity index (χ0) is 21.8. The molecule has 3 aromatic rings. The maximum Gasteiger partial charge on any atom is 0.257 e. The van der Waals surface area contributed by atoms with Crippen LogP contribution in [-0.4, -0.2) is 15.9 Å². The number of allylic oxidation sites excluding steroid dienone is 3. The van der Waals surface area contributed by atoms with E-state index in [9.17, 15) is 4.79 Å². The van der Waals surface area contributed by atoms with Crippen LogP contribution < -0.4 is 10.6 Å². The van der Waals surface area contributed by atoms with Gasteiger partial charge in [-0.2, -0.15) is 0 Å². The van der Waals surface area contributed by atoms with Crippen LogP contribution in [-0.2, 0) is 0 Å². The fraction of sp³-hybridized carbons (Fsp3) is 0.143. The molecule has 0 radical (unpaired) electrons. The zero-order valence-electron chi connectivity index (χ0n) is 16.1. The van der Waals surface area contributed by atoms with Crippen LogP contribution in [0, 0.1) is 0 Å². The van der Waals surface area contributed by atoms with Gasteiger partial charge in [-0.1, -0.05) is 65.5 Å². The molecule has 3 rings (SSSR count). The van der Waals surface area contributed by atoms with Crippen LogP contribution in [0.25, 0.3) is 11.0 Å². The monoisotopic (exact) mass is 482 g/mol. The van der Waals surface area contributed by atoms with Crippen molar-refractivity contribution in [2.24, 2.45) is 0 Å². The molecule has 0 atom stereocenters. The molecular weight excluding hydrogens is 466 g/mol. The van der Waals surface area contributed by atoms with Gasteiger partial charge in [-0.25, -0.2) is 4.98 Å². The van der Waals surface area contributed by atoms with Crippen molar-refractivity contribution >= 4 is 75.0 Å². The number of halogens is 4. The molecule has 156 valence electrons. The van der Waals surface area contributed by atoms with Gasteiger partial charge in [0.2, 0.25) is 5.95 Å². The summed E-state index contributed by atoms with van der Waals surface area (Å²) >= 11 is 24.8. The first-order chi connectivity index (χ1) is 14.3. The van der Waals surface area contributed by atoms with Crippen LogP contribution >= 0.6 is 46.4 Å². The van der Waals surface area contributed by atoms with Crippen LogP contribution in [0.4, 0.5) is 11.6 Å². The number of carbonyl (C=O) groups excluding carboxylic acids is 1. The highest BCUT2D eigenvalue weighted by molar-refractivity contribution is 6.36. The molecule has 0 aliphatic heterocycles. The Balaban J connectivity index is 1.90. The maximum absolute atomic E-state index is 12.7. The average Bonchev–Trinajstić information content (AvgIpc) is 3.06. The Hall–Kier alpha value is -2.18. The highest BCUT2D eigenvalue weighted by Gasteiger charge is 2.16. The number of nitrogens with zero attached hydrogens (tertiary/aromatic N) is 1. The number of anilines is 2. The number of carbonyl (C=O) groups is 1. The first-order valence-electron chi connectivity index (χ1n) is 9.04. The molecule has 30 heavy (non-hydrogen) atoms. The number of imidazole rings is 1. The molecule has 0 aliphatic carbocycles. The number of H-pyrrole nitrogens is 1. The van der Waals surface area contributed by atoms with E-state index in [0.29, 0.717) is 43.5 Å². The molecule has 3 N–H and O–H groups in total. The molecule has 1 heterocycles. The van der Waals surface area contributed by atoms with Gasteiger partial charge in [-0.3, -0.25) is 4.79 Å². The van der Waals surface area contributed by atoms with E-state index in [4.69, 9.17) is 46.4 Å². The van der Waals surface area contributed by atoms with Gasteiger partial charge < -0.3 is 15.6 Å². The fourth-order valence-corrected chi connectivity index (χ4v) is 3.72. The lowest BCUT2D eigenvalue weighted by atomic mass is 10.2. The minimum absolute atomic E-state index is 0.283. The van der Waals surface area contributed by atoms with E-state index in [-0.39, 0.29) is 16.5 Å². The van der Waals surface area contributed by atoms with Crippen LogP contribution in [0.15, 0.2) is 58.2 Å². The van der Waals surface area contributed by atoms with E-state index in [1.54, 1.807) is 43.3 Å². The summed E-state index contributed by atoms with van der Waals surface area (Å²) in [6, 6.07) is 10.1. The van der Waals surface area contributed by atoms with Gasteiger partial charge in [0.05, 0.1) is 32.3 Å². The highest BCUT2D eigenvalue weighted by atomic mass is 35.5. The number of nitrogens with one attached hydrogen (secondary N) is 3. The van der Waals surface area contributed by atoms with Crippen molar-refractivity contribution in [3.8, 4) is 0 Å². The Morgan fingerprint density at radius 3 is 2.60 bits per heavy atom. The van der Waals surface area contributed by atoms with Crippen LogP contribution in [0.1, 0.15) is 30.6 Å². The highest BCUT2D eigenvalue weighted by Crippen LogP contribution is 2.28. The van der Waals surface area contributed by atoms with E-state index in [2.05, 4.69) is 20.6 Å². The molecule has 0 fully saturated rings. The van der Waals surface area contributed by atoms with Crippen molar-refractivity contribution in [2.45, 2.75) is 20.3 Å². The summed E-state index contributed by atoms with van der Waals surface area (Å²) in [4.78, 5) is 20.3. The SMILES string of the molecule is CC/C=C(Cl)\C(Nc1nc2cc(C(=O)Nc3cccc(Cl)c3)c(Cl)cc2[nH]1)=C(/C)Cl. The quantitative estimate of drug-likeness (QED) is 0.317. The van der Waals surface area contributed by atoms with Crippen LogP contribution in [0.3, 0.4) is 0 Å². The van der Waals surface area contributed by atoms with E-state index < -0.39 is 0 Å². The third kappa shape index (κ3) is 5.29. The maximum atomic E-state index is 12.7. The van der Waals surface area contributed by atoms with Crippen molar-refractivity contribution in [2.75, 3.05) is 10.6 Å². The Labute approximate surface area is 194 Å². The van der Waals surface area contributed by atoms with Gasteiger partial charge in [0.15, 0.2) is 0 Å². The zero-order valence-corrected chi connectivity index (χ0v) is 19.1. The van der Waals surface area contributed by atoms with E-state index in [1.165, 1.54) is 0 Å². The number of amides is 1. The average molecular weight is 484 g/mol. The topological polar surface area (TPSA) is 69.8 Å². The molecule has 9 heteroatoms. The van der Waals surface area contributed by atoms with Gasteiger partial charge in [-0.15, -0.1) is 0 Å². The largest absolute Gasteiger partial charge is 0.324 e. The van der Waals surface area contributed by atoms with Gasteiger partial charge in [-0.05, 0) is 43.7 Å². The number of rotatable bonds is 6. The minimum atomic E-state index is -0.368. The molecule has 2 aromatic carbocycles. The van der Waals surface area contributed by atoms with Crippen molar-refractivity contribution in [1.29, 1.82) is 0 Å². The smallest absolute Gasteiger partial charge is 0.257 e. The van der Waals surface area contributed by atoms with Crippen molar-refractivity contribution in [1.82, 2.24) is 9.97 Å². The summed E-state index contributed by atoms with van der Waals surface area (Å²) in [6.07, 6.45) is 2.60. The molecule has 1 amide bonds. The van der Waals surface area contributed by atoms with Crippen LogP contribution in [0.5, 0.6) is 0 Å². The standard InChI is InChI=1S/C21H18Cl4N4O/c1-3-5-15(24)19(11(2)22)29-21-27-17-9-14(16(25)10-18(17)28-21)20(30)26-13-7-4-6-12(23)8-13/h4-10H,3H2,1-2H3,(H,26,30)(H2,27,28,29)/b15-5+,19-11-. The lowest BCUT2D eigenvalue weighted by Crippen LogP contribution is -2.12. The summed E-state index contributed by atoms with van der Waals surface area (Å²) < 4.78 is 0. The first-order valence-corrected chi connectivity index (χ1v) is 10.5. The molecule has 0 spiro atoms. The Morgan fingerprint density at radius 2 is 1.93 bits per heavy atom. The van der Waals surface area contributed by atoms with Crippen molar-refractivity contribution < 1.29 is 4.79 Å². The molecular formula is C21H18Cl4N4O. The summed E-state index contributed by atoms with van der Waals surface area (Å²) in [5.74, 6) is 0.0545. The molecule has 0 aliphatic rings. The molecule has 0 saturated carbocycles. The molecule has 5 nitrogen and oxygen atoms in total. The second-order valence-corrected chi connectivity index (χ2v) is 8.21. The van der Waals surface area contributed by atoms with E-state index in [0.717, 1.165) is 6.42 Å². The Bertz CT molecular complexity index is 1160. The Kier molecular flexibility index (Phi) is 7.32. The number of benzene rings is 2. The number of aromatic nitrogens is 2. The Morgan fingerprint density at radius 1 is 1.17 bits per heavy atom. The van der Waals surface area contributed by atoms with Gasteiger partial charge in [0, 0.05) is 15.7 Å².